The van der Waals surface area contributed by atoms with E-state index in [-0.39, 0.29) is 13.6 Å². The van der Waals surface area contributed by atoms with Crippen molar-refractivity contribution in [2.75, 3.05) is 20.7 Å². The molecule has 6 nitrogen and oxygen atoms in total. The lowest BCUT2D eigenvalue weighted by Crippen LogP contribution is -1.93. The molecule has 0 N–H and O–H groups in total. The molecule has 0 radical (unpaired) electrons. The molecular formula is C20H13NO5. The fourth-order valence-corrected chi connectivity index (χ4v) is 3.69. The van der Waals surface area contributed by atoms with E-state index in [4.69, 9.17) is 28.7 Å². The number of methoxy groups -OCH3 is 1. The van der Waals surface area contributed by atoms with Gasteiger partial charge in [-0.3, -0.25) is 0 Å². The Bertz CT molecular complexity index is 1230. The molecule has 3 heterocycles. The molecule has 0 spiro atoms. The van der Waals surface area contributed by atoms with Crippen LogP contribution >= 0.6 is 0 Å². The quantitative estimate of drug-likeness (QED) is 0.485. The monoisotopic (exact) mass is 347 g/mol. The van der Waals surface area contributed by atoms with Crippen molar-refractivity contribution in [3.63, 3.8) is 0 Å². The van der Waals surface area contributed by atoms with E-state index in [1.54, 1.807) is 7.11 Å². The molecule has 2 aliphatic rings. The van der Waals surface area contributed by atoms with E-state index in [1.807, 2.05) is 24.3 Å². The number of benzene rings is 3. The van der Waals surface area contributed by atoms with Gasteiger partial charge in [0.25, 0.3) is 0 Å². The standard InChI is InChI=1S/C20H13NO5/c1-22-20-14-7-18-17(25-9-26-18)6-13(14)11-3-2-10-4-15-16(24-8-23-15)5-12(10)19(11)21-20/h2-7H,8-9H2,1H3. The summed E-state index contributed by atoms with van der Waals surface area (Å²) in [4.78, 5) is 4.79. The van der Waals surface area contributed by atoms with Crippen LogP contribution in [0.25, 0.3) is 32.4 Å². The number of aromatic nitrogens is 1. The summed E-state index contributed by atoms with van der Waals surface area (Å²) in [5.41, 5.74) is 0.851. The summed E-state index contributed by atoms with van der Waals surface area (Å²) >= 11 is 0. The number of hydrogen-bond acceptors (Lipinski definition) is 6. The summed E-state index contributed by atoms with van der Waals surface area (Å²) in [6, 6.07) is 12.0. The molecule has 0 bridgehead atoms. The third kappa shape index (κ3) is 1.73. The summed E-state index contributed by atoms with van der Waals surface area (Å²) in [6.45, 7) is 0.471. The van der Waals surface area contributed by atoms with Gasteiger partial charge in [0, 0.05) is 21.5 Å². The highest BCUT2D eigenvalue weighted by Gasteiger charge is 2.21. The Morgan fingerprint density at radius 1 is 0.731 bits per heavy atom. The van der Waals surface area contributed by atoms with Gasteiger partial charge >= 0.3 is 0 Å². The molecule has 6 heteroatoms. The van der Waals surface area contributed by atoms with Crippen LogP contribution in [0.3, 0.4) is 0 Å². The zero-order valence-electron chi connectivity index (χ0n) is 13.9. The first-order valence-electron chi connectivity index (χ1n) is 8.25. The molecule has 128 valence electrons. The van der Waals surface area contributed by atoms with Gasteiger partial charge in [0.05, 0.1) is 12.6 Å². The molecule has 26 heavy (non-hydrogen) atoms. The fraction of sp³-hybridized carbons (Fsp3) is 0.150. The zero-order chi connectivity index (χ0) is 17.3. The maximum absolute atomic E-state index is 5.57. The lowest BCUT2D eigenvalue weighted by molar-refractivity contribution is 0.173. The van der Waals surface area contributed by atoms with Gasteiger partial charge in [-0.15, -0.1) is 0 Å². The zero-order valence-corrected chi connectivity index (χ0v) is 13.9. The van der Waals surface area contributed by atoms with E-state index < -0.39 is 0 Å². The highest BCUT2D eigenvalue weighted by Crippen LogP contribution is 2.44. The second kappa shape index (κ2) is 4.82. The van der Waals surface area contributed by atoms with Crippen LogP contribution in [-0.4, -0.2) is 25.7 Å². The molecule has 0 atom stereocenters. The maximum atomic E-state index is 5.57. The molecule has 0 unspecified atom stereocenters. The summed E-state index contributed by atoms with van der Waals surface area (Å²) in [6.07, 6.45) is 0. The van der Waals surface area contributed by atoms with Crippen molar-refractivity contribution in [3.8, 4) is 28.9 Å². The van der Waals surface area contributed by atoms with Crippen molar-refractivity contribution in [2.45, 2.75) is 0 Å². The van der Waals surface area contributed by atoms with Gasteiger partial charge in [0.1, 0.15) is 0 Å². The van der Waals surface area contributed by atoms with Gasteiger partial charge < -0.3 is 23.7 Å². The van der Waals surface area contributed by atoms with Crippen LogP contribution in [0.2, 0.25) is 0 Å². The molecule has 0 aliphatic carbocycles. The molecule has 6 rings (SSSR count). The fourth-order valence-electron chi connectivity index (χ4n) is 3.69. The Morgan fingerprint density at radius 3 is 2.04 bits per heavy atom. The first-order chi connectivity index (χ1) is 12.8. The molecule has 4 aromatic rings. The van der Waals surface area contributed by atoms with Crippen LogP contribution < -0.4 is 23.7 Å². The molecule has 3 aromatic carbocycles. The van der Waals surface area contributed by atoms with Crippen LogP contribution in [0.1, 0.15) is 0 Å². The normalized spacial score (nSPS) is 14.5. The van der Waals surface area contributed by atoms with E-state index in [9.17, 15) is 0 Å². The summed E-state index contributed by atoms with van der Waals surface area (Å²) in [7, 11) is 1.62. The number of nitrogens with zero attached hydrogens (tertiary/aromatic N) is 1. The maximum Gasteiger partial charge on any atom is 0.231 e. The van der Waals surface area contributed by atoms with Crippen LogP contribution in [0.5, 0.6) is 28.9 Å². The average Bonchev–Trinajstić information content (AvgIpc) is 3.31. The molecule has 1 aromatic heterocycles. The minimum atomic E-state index is 0.228. The van der Waals surface area contributed by atoms with E-state index in [1.165, 1.54) is 0 Å². The summed E-state index contributed by atoms with van der Waals surface area (Å²) < 4.78 is 27.7. The van der Waals surface area contributed by atoms with Crippen molar-refractivity contribution in [2.24, 2.45) is 0 Å². The second-order valence-corrected chi connectivity index (χ2v) is 6.26. The number of pyridine rings is 1. The second-order valence-electron chi connectivity index (χ2n) is 6.26. The van der Waals surface area contributed by atoms with Crippen LogP contribution in [-0.2, 0) is 0 Å². The van der Waals surface area contributed by atoms with Gasteiger partial charge in [0.15, 0.2) is 23.0 Å². The Hall–Kier alpha value is -3.41. The predicted octanol–water partition coefficient (Wildman–Crippen LogP) is 4.01. The SMILES string of the molecule is COc1nc2c3cc4c(cc3ccc2c2cc3c(cc12)OCO3)OCO4. The van der Waals surface area contributed by atoms with Gasteiger partial charge in [0.2, 0.25) is 19.5 Å². The number of fused-ring (bicyclic) bond motifs is 7. The largest absolute Gasteiger partial charge is 0.481 e. The third-order valence-corrected chi connectivity index (χ3v) is 4.92. The van der Waals surface area contributed by atoms with Crippen LogP contribution in [0.15, 0.2) is 36.4 Å². The molecule has 0 saturated carbocycles. The van der Waals surface area contributed by atoms with Crippen LogP contribution in [0, 0.1) is 0 Å². The van der Waals surface area contributed by atoms with E-state index in [0.717, 1.165) is 49.7 Å². The number of ether oxygens (including phenoxy) is 5. The summed E-state index contributed by atoms with van der Waals surface area (Å²) in [5, 5.41) is 4.95. The molecule has 0 amide bonds. The van der Waals surface area contributed by atoms with Crippen molar-refractivity contribution in [3.05, 3.63) is 36.4 Å². The summed E-state index contributed by atoms with van der Waals surface area (Å²) in [5.74, 6) is 3.49. The lowest BCUT2D eigenvalue weighted by atomic mass is 10.0. The van der Waals surface area contributed by atoms with Crippen molar-refractivity contribution in [1.82, 2.24) is 4.98 Å². The van der Waals surface area contributed by atoms with E-state index in [2.05, 4.69) is 12.1 Å². The number of rotatable bonds is 1. The predicted molar refractivity (Wildman–Crippen MR) is 95.6 cm³/mol. The minimum Gasteiger partial charge on any atom is -0.481 e. The van der Waals surface area contributed by atoms with Crippen molar-refractivity contribution < 1.29 is 23.7 Å². The Morgan fingerprint density at radius 2 is 1.35 bits per heavy atom. The van der Waals surface area contributed by atoms with E-state index in [0.29, 0.717) is 11.6 Å². The molecular weight excluding hydrogens is 334 g/mol. The lowest BCUT2D eigenvalue weighted by Gasteiger charge is -2.12. The molecule has 2 aliphatic heterocycles. The first-order valence-corrected chi connectivity index (χ1v) is 8.25. The highest BCUT2D eigenvalue weighted by atomic mass is 16.7. The average molecular weight is 347 g/mol. The smallest absolute Gasteiger partial charge is 0.231 e. The first kappa shape index (κ1) is 13.8. The van der Waals surface area contributed by atoms with Gasteiger partial charge in [-0.2, -0.15) is 0 Å². The molecule has 0 saturated heterocycles. The van der Waals surface area contributed by atoms with Crippen molar-refractivity contribution in [1.29, 1.82) is 0 Å². The Kier molecular flexibility index (Phi) is 2.56. The number of hydrogen-bond donors (Lipinski definition) is 0. The van der Waals surface area contributed by atoms with Crippen LogP contribution in [0.4, 0.5) is 0 Å². The Balaban J connectivity index is 1.78. The topological polar surface area (TPSA) is 59.0 Å². The molecule has 0 fully saturated rings. The van der Waals surface area contributed by atoms with Gasteiger partial charge in [-0.1, -0.05) is 12.1 Å². The van der Waals surface area contributed by atoms with Gasteiger partial charge in [-0.05, 0) is 29.7 Å². The Labute approximate surface area is 147 Å². The van der Waals surface area contributed by atoms with E-state index >= 15 is 0 Å². The minimum absolute atomic E-state index is 0.228. The highest BCUT2D eigenvalue weighted by molar-refractivity contribution is 6.17. The van der Waals surface area contributed by atoms with Gasteiger partial charge in [-0.25, -0.2) is 4.98 Å². The van der Waals surface area contributed by atoms with Crippen molar-refractivity contribution >= 4 is 32.4 Å². The third-order valence-electron chi connectivity index (χ3n) is 4.92.